The first kappa shape index (κ1) is 24.8. The Hall–Kier alpha value is -3.32. The number of hydrogen-bond donors (Lipinski definition) is 1. The molecule has 2 aliphatic heterocycles. The molecule has 13 heteroatoms. The van der Waals surface area contributed by atoms with Crippen molar-refractivity contribution in [2.75, 3.05) is 13.1 Å². The van der Waals surface area contributed by atoms with E-state index in [1.54, 1.807) is 22.1 Å². The number of pyridine rings is 1. The molecule has 2 aliphatic rings. The maximum absolute atomic E-state index is 12.7. The van der Waals surface area contributed by atoms with E-state index in [0.29, 0.717) is 13.1 Å². The number of aliphatic carboxylic acids is 1. The number of thiophene rings is 1. The van der Waals surface area contributed by atoms with E-state index in [9.17, 15) is 22.8 Å². The first-order valence-electron chi connectivity index (χ1n) is 10.8. The summed E-state index contributed by atoms with van der Waals surface area (Å²) in [5.74, 6) is -1.98. The molecule has 1 spiro atoms. The molecular weight excluding hydrogens is 487 g/mol. The molecule has 3 aromatic rings. The minimum Gasteiger partial charge on any atom is -0.475 e. The van der Waals surface area contributed by atoms with Gasteiger partial charge in [-0.2, -0.15) is 18.3 Å². The quantitative estimate of drug-likeness (QED) is 0.537. The van der Waals surface area contributed by atoms with Crippen molar-refractivity contribution in [3.8, 4) is 0 Å². The summed E-state index contributed by atoms with van der Waals surface area (Å²) in [6.45, 7) is 3.58. The third kappa shape index (κ3) is 5.35. The second-order valence-electron chi connectivity index (χ2n) is 8.48. The number of carboxylic acids is 1. The van der Waals surface area contributed by atoms with Crippen molar-refractivity contribution in [1.29, 1.82) is 0 Å². The van der Waals surface area contributed by atoms with Crippen LogP contribution in [0.15, 0.2) is 51.6 Å². The highest BCUT2D eigenvalue weighted by Crippen LogP contribution is 2.40. The standard InChI is InChI=1S/C20H21N5O2S.C2HF3O2/c26-17-18(27)25(13-16-4-2-10-28-16)22-19-20(6-9-24(17)19)5-8-23(14-20)12-15-3-1-7-21-11-15;3-2(4,5)1(6)7/h1-4,7,10-11H,5-6,8-9,12-14H2;(H,6,7). The second-order valence-corrected chi connectivity index (χ2v) is 9.51. The normalized spacial score (nSPS) is 19.4. The minimum absolute atomic E-state index is 0.147. The highest BCUT2D eigenvalue weighted by Gasteiger charge is 2.47. The molecule has 1 atom stereocenters. The Kier molecular flexibility index (Phi) is 6.90. The molecule has 186 valence electrons. The number of rotatable bonds is 4. The lowest BCUT2D eigenvalue weighted by Crippen LogP contribution is -2.45. The predicted molar refractivity (Wildman–Crippen MR) is 120 cm³/mol. The van der Waals surface area contributed by atoms with Crippen molar-refractivity contribution in [1.82, 2.24) is 24.2 Å². The molecule has 0 saturated carbocycles. The second kappa shape index (κ2) is 9.74. The van der Waals surface area contributed by atoms with E-state index in [1.807, 2.05) is 29.8 Å². The van der Waals surface area contributed by atoms with Crippen molar-refractivity contribution in [3.63, 3.8) is 0 Å². The number of fused-ring (bicyclic) bond motifs is 2. The van der Waals surface area contributed by atoms with Gasteiger partial charge in [-0.05, 0) is 42.5 Å². The van der Waals surface area contributed by atoms with Gasteiger partial charge in [0.2, 0.25) is 0 Å². The molecule has 5 rings (SSSR count). The Balaban J connectivity index is 0.000000364. The Morgan fingerprint density at radius 3 is 2.49 bits per heavy atom. The summed E-state index contributed by atoms with van der Waals surface area (Å²) in [7, 11) is 0. The first-order chi connectivity index (χ1) is 16.6. The first-order valence-corrected chi connectivity index (χ1v) is 11.6. The summed E-state index contributed by atoms with van der Waals surface area (Å²) in [5.41, 5.74) is 0.0702. The zero-order valence-electron chi connectivity index (χ0n) is 18.4. The highest BCUT2D eigenvalue weighted by atomic mass is 32.1. The molecule has 0 bridgehead atoms. The molecule has 1 fully saturated rings. The molecule has 1 saturated heterocycles. The van der Waals surface area contributed by atoms with E-state index in [0.717, 1.165) is 43.2 Å². The number of aromatic nitrogens is 4. The molecule has 1 unspecified atom stereocenters. The zero-order valence-corrected chi connectivity index (χ0v) is 19.3. The Morgan fingerprint density at radius 1 is 1.11 bits per heavy atom. The van der Waals surface area contributed by atoms with Crippen LogP contribution in [0, 0.1) is 0 Å². The van der Waals surface area contributed by atoms with E-state index in [1.165, 1.54) is 10.2 Å². The Labute approximate surface area is 201 Å². The van der Waals surface area contributed by atoms with E-state index in [-0.39, 0.29) is 5.41 Å². The summed E-state index contributed by atoms with van der Waals surface area (Å²) in [5, 5.41) is 13.8. The zero-order chi connectivity index (χ0) is 25.2. The van der Waals surface area contributed by atoms with Crippen LogP contribution in [0.2, 0.25) is 0 Å². The number of likely N-dealkylation sites (tertiary alicyclic amines) is 1. The summed E-state index contributed by atoms with van der Waals surface area (Å²) >= 11 is 1.57. The van der Waals surface area contributed by atoms with Crippen LogP contribution in [0.1, 0.15) is 29.1 Å². The van der Waals surface area contributed by atoms with Crippen LogP contribution < -0.4 is 11.1 Å². The number of alkyl halides is 3. The van der Waals surface area contributed by atoms with Gasteiger partial charge < -0.3 is 5.11 Å². The van der Waals surface area contributed by atoms with Gasteiger partial charge in [0.1, 0.15) is 5.82 Å². The lowest BCUT2D eigenvalue weighted by Gasteiger charge is -2.23. The molecule has 3 aromatic heterocycles. The maximum atomic E-state index is 12.7. The van der Waals surface area contributed by atoms with Crippen molar-refractivity contribution < 1.29 is 23.1 Å². The summed E-state index contributed by atoms with van der Waals surface area (Å²) in [4.78, 5) is 41.7. The molecule has 0 aromatic carbocycles. The van der Waals surface area contributed by atoms with Gasteiger partial charge in [0.05, 0.1) is 6.54 Å². The molecular formula is C22H22F3N5O4S. The molecule has 9 nitrogen and oxygen atoms in total. The monoisotopic (exact) mass is 509 g/mol. The van der Waals surface area contributed by atoms with Gasteiger partial charge in [-0.1, -0.05) is 12.1 Å². The van der Waals surface area contributed by atoms with Gasteiger partial charge in [-0.15, -0.1) is 11.3 Å². The smallest absolute Gasteiger partial charge is 0.475 e. The third-order valence-electron chi connectivity index (χ3n) is 6.11. The van der Waals surface area contributed by atoms with E-state index < -0.39 is 23.3 Å². The Bertz CT molecular complexity index is 1310. The molecule has 0 amide bonds. The molecule has 35 heavy (non-hydrogen) atoms. The minimum atomic E-state index is -5.08. The lowest BCUT2D eigenvalue weighted by atomic mass is 9.85. The molecule has 0 aliphatic carbocycles. The van der Waals surface area contributed by atoms with Crippen molar-refractivity contribution in [2.45, 2.75) is 44.1 Å². The van der Waals surface area contributed by atoms with Gasteiger partial charge in [0.25, 0.3) is 0 Å². The van der Waals surface area contributed by atoms with Crippen molar-refractivity contribution in [2.24, 2.45) is 0 Å². The van der Waals surface area contributed by atoms with Crippen molar-refractivity contribution in [3.05, 3.63) is 79.0 Å². The van der Waals surface area contributed by atoms with Crippen LogP contribution in [0.3, 0.4) is 0 Å². The average molecular weight is 510 g/mol. The SMILES string of the molecule is O=C(O)C(F)(F)F.O=c1c(=O)n2c(nn1Cc1cccs1)C1(CCN(Cc3cccnc3)C1)CC2. The van der Waals surface area contributed by atoms with Crippen LogP contribution in [-0.2, 0) is 29.8 Å². The largest absolute Gasteiger partial charge is 0.490 e. The fraction of sp³-hybridized carbons (Fsp3) is 0.409. The van der Waals surface area contributed by atoms with Gasteiger partial charge in [0.15, 0.2) is 0 Å². The van der Waals surface area contributed by atoms with E-state index in [4.69, 9.17) is 15.0 Å². The summed E-state index contributed by atoms with van der Waals surface area (Å²) in [6, 6.07) is 7.95. The number of nitrogens with zero attached hydrogens (tertiary/aromatic N) is 5. The fourth-order valence-corrected chi connectivity index (χ4v) is 5.15. The molecule has 5 heterocycles. The summed E-state index contributed by atoms with van der Waals surface area (Å²) < 4.78 is 34.7. The number of carboxylic acid groups (broad SMARTS) is 1. The molecule has 0 radical (unpaired) electrons. The van der Waals surface area contributed by atoms with Crippen LogP contribution in [0.5, 0.6) is 0 Å². The predicted octanol–water partition coefficient (Wildman–Crippen LogP) is 2.09. The van der Waals surface area contributed by atoms with Crippen LogP contribution >= 0.6 is 11.3 Å². The van der Waals surface area contributed by atoms with Crippen LogP contribution in [0.4, 0.5) is 13.2 Å². The topological polar surface area (TPSA) is 110 Å². The maximum Gasteiger partial charge on any atom is 0.490 e. The Morgan fingerprint density at radius 2 is 1.86 bits per heavy atom. The highest BCUT2D eigenvalue weighted by molar-refractivity contribution is 7.09. The van der Waals surface area contributed by atoms with Gasteiger partial charge >= 0.3 is 23.3 Å². The van der Waals surface area contributed by atoms with Gasteiger partial charge in [-0.25, -0.2) is 9.48 Å². The summed E-state index contributed by atoms with van der Waals surface area (Å²) in [6.07, 6.45) is 0.415. The number of hydrogen-bond acceptors (Lipinski definition) is 7. The van der Waals surface area contributed by atoms with Crippen LogP contribution in [0.25, 0.3) is 0 Å². The van der Waals surface area contributed by atoms with E-state index in [2.05, 4.69) is 16.0 Å². The number of carbonyl (C=O) groups is 1. The van der Waals surface area contributed by atoms with Crippen molar-refractivity contribution >= 4 is 17.3 Å². The average Bonchev–Trinajstić information content (AvgIpc) is 3.55. The fourth-order valence-electron chi connectivity index (χ4n) is 4.46. The third-order valence-corrected chi connectivity index (χ3v) is 6.97. The van der Waals surface area contributed by atoms with Gasteiger partial charge in [-0.3, -0.25) is 24.0 Å². The number of halogens is 3. The molecule has 1 N–H and O–H groups in total. The lowest BCUT2D eigenvalue weighted by molar-refractivity contribution is -0.192. The van der Waals surface area contributed by atoms with E-state index >= 15 is 0 Å². The van der Waals surface area contributed by atoms with Gasteiger partial charge in [0, 0.05) is 42.3 Å². The van der Waals surface area contributed by atoms with Crippen LogP contribution in [-0.4, -0.2) is 54.6 Å².